The average Bonchev–Trinajstić information content (AvgIpc) is 3.10. The Morgan fingerprint density at radius 3 is 2.43 bits per heavy atom. The van der Waals surface area contributed by atoms with E-state index >= 15 is 0 Å². The van der Waals surface area contributed by atoms with Gasteiger partial charge in [0.05, 0.1) is 29.6 Å². The predicted molar refractivity (Wildman–Crippen MR) is 118 cm³/mol. The Bertz CT molecular complexity index is 894. The van der Waals surface area contributed by atoms with Crippen LogP contribution in [-0.2, 0) is 24.6 Å². The molecule has 2 fully saturated rings. The molecule has 2 heterocycles. The van der Waals surface area contributed by atoms with Crippen molar-refractivity contribution in [2.75, 3.05) is 50.9 Å². The summed E-state index contributed by atoms with van der Waals surface area (Å²) in [6, 6.07) is 6.58. The third-order valence-electron chi connectivity index (χ3n) is 6.24. The van der Waals surface area contributed by atoms with Crippen molar-refractivity contribution in [3.8, 4) is 0 Å². The van der Waals surface area contributed by atoms with Gasteiger partial charge in [0.1, 0.15) is 0 Å². The molecule has 7 nitrogen and oxygen atoms in total. The Kier molecular flexibility index (Phi) is 7.95. The maximum Gasteiger partial charge on any atom is 0.243 e. The van der Waals surface area contributed by atoms with Crippen molar-refractivity contribution in [2.45, 2.75) is 50.0 Å². The number of morpholine rings is 1. The molecule has 2 saturated heterocycles. The van der Waals surface area contributed by atoms with Crippen LogP contribution in [0.25, 0.3) is 0 Å². The molecule has 170 valence electrons. The maximum absolute atomic E-state index is 13.5. The van der Waals surface area contributed by atoms with Crippen LogP contribution in [0.4, 0.5) is 0 Å². The zero-order valence-electron chi connectivity index (χ0n) is 18.0. The summed E-state index contributed by atoms with van der Waals surface area (Å²) >= 11 is 0. The monoisotopic (exact) mass is 458 g/mol. The largest absolute Gasteiger partial charge is 0.379 e. The highest BCUT2D eigenvalue weighted by molar-refractivity contribution is 7.92. The normalized spacial score (nSPS) is 23.6. The minimum Gasteiger partial charge on any atom is -0.379 e. The number of benzene rings is 1. The quantitative estimate of drug-likeness (QED) is 0.564. The van der Waals surface area contributed by atoms with Gasteiger partial charge in [-0.25, -0.2) is 16.8 Å². The van der Waals surface area contributed by atoms with Crippen LogP contribution in [0.15, 0.2) is 29.2 Å². The molecule has 0 spiro atoms. The Hall–Kier alpha value is -1.00. The summed E-state index contributed by atoms with van der Waals surface area (Å²) < 4.78 is 57.8. The van der Waals surface area contributed by atoms with E-state index in [4.69, 9.17) is 4.74 Å². The molecule has 0 saturated carbocycles. The molecule has 1 aromatic carbocycles. The van der Waals surface area contributed by atoms with Crippen LogP contribution in [-0.4, -0.2) is 83.0 Å². The smallest absolute Gasteiger partial charge is 0.243 e. The molecule has 30 heavy (non-hydrogen) atoms. The Morgan fingerprint density at radius 1 is 1.20 bits per heavy atom. The molecule has 2 aliphatic rings. The third-order valence-corrected chi connectivity index (χ3v) is 9.96. The lowest BCUT2D eigenvalue weighted by Gasteiger charge is -2.30. The van der Waals surface area contributed by atoms with Crippen LogP contribution >= 0.6 is 0 Å². The molecule has 3 rings (SSSR count). The molecule has 0 N–H and O–H groups in total. The van der Waals surface area contributed by atoms with Crippen molar-refractivity contribution in [3.63, 3.8) is 0 Å². The molecule has 2 aliphatic heterocycles. The lowest BCUT2D eigenvalue weighted by Crippen LogP contribution is -2.43. The van der Waals surface area contributed by atoms with E-state index in [1.165, 1.54) is 4.31 Å². The van der Waals surface area contributed by atoms with Gasteiger partial charge in [-0.2, -0.15) is 4.31 Å². The molecular weight excluding hydrogens is 424 g/mol. The maximum atomic E-state index is 13.5. The number of rotatable bonds is 9. The summed E-state index contributed by atoms with van der Waals surface area (Å²) in [5, 5.41) is 0. The molecule has 1 aromatic rings. The molecular formula is C21H34N2O5S2. The van der Waals surface area contributed by atoms with Gasteiger partial charge in [0.25, 0.3) is 0 Å². The number of sulfonamides is 1. The minimum atomic E-state index is -3.76. The topological polar surface area (TPSA) is 84.0 Å². The summed E-state index contributed by atoms with van der Waals surface area (Å²) in [5.74, 6) is 0.334. The fourth-order valence-corrected chi connectivity index (χ4v) is 7.63. The van der Waals surface area contributed by atoms with E-state index < -0.39 is 25.9 Å². The van der Waals surface area contributed by atoms with Crippen molar-refractivity contribution in [1.29, 1.82) is 0 Å². The first-order valence-electron chi connectivity index (χ1n) is 10.9. The Balaban J connectivity index is 1.77. The standard InChI is InChI=1S/C21H34N2O5S2/c1-3-18(2)19-5-7-21(8-6-19)30(26,27)23(20-9-16-29(24,25)17-20)11-4-10-22-12-14-28-15-13-22/h5-8,18,20H,3-4,9-17H2,1-2H3. The van der Waals surface area contributed by atoms with Crippen LogP contribution < -0.4 is 0 Å². The second kappa shape index (κ2) is 10.1. The SMILES string of the molecule is CCC(C)c1ccc(S(=O)(=O)N(CCCN2CCOCC2)C2CCS(=O)(=O)C2)cc1. The van der Waals surface area contributed by atoms with Crippen LogP contribution in [0, 0.1) is 0 Å². The molecule has 2 unspecified atom stereocenters. The lowest BCUT2D eigenvalue weighted by atomic mass is 9.99. The highest BCUT2D eigenvalue weighted by atomic mass is 32.2. The fraction of sp³-hybridized carbons (Fsp3) is 0.714. The Morgan fingerprint density at radius 2 is 1.87 bits per heavy atom. The van der Waals surface area contributed by atoms with Crippen molar-refractivity contribution in [2.24, 2.45) is 0 Å². The second-order valence-electron chi connectivity index (χ2n) is 8.36. The van der Waals surface area contributed by atoms with Crippen molar-refractivity contribution in [3.05, 3.63) is 29.8 Å². The molecule has 0 aromatic heterocycles. The summed E-state index contributed by atoms with van der Waals surface area (Å²) in [5.41, 5.74) is 1.11. The average molecular weight is 459 g/mol. The number of hydrogen-bond donors (Lipinski definition) is 0. The second-order valence-corrected chi connectivity index (χ2v) is 12.5. The van der Waals surface area contributed by atoms with E-state index in [1.54, 1.807) is 12.1 Å². The van der Waals surface area contributed by atoms with Crippen LogP contribution in [0.2, 0.25) is 0 Å². The van der Waals surface area contributed by atoms with Gasteiger partial charge >= 0.3 is 0 Å². The first-order valence-corrected chi connectivity index (χ1v) is 14.1. The molecule has 0 aliphatic carbocycles. The van der Waals surface area contributed by atoms with Gasteiger partial charge < -0.3 is 4.74 Å². The van der Waals surface area contributed by atoms with E-state index in [2.05, 4.69) is 18.7 Å². The third kappa shape index (κ3) is 5.82. The molecule has 9 heteroatoms. The highest BCUT2D eigenvalue weighted by Crippen LogP contribution is 2.27. The van der Waals surface area contributed by atoms with Gasteiger partial charge in [-0.15, -0.1) is 0 Å². The molecule has 0 radical (unpaired) electrons. The first-order chi connectivity index (χ1) is 14.2. The number of sulfone groups is 1. The fourth-order valence-electron chi connectivity index (χ4n) is 4.12. The van der Waals surface area contributed by atoms with Crippen molar-refractivity contribution >= 4 is 19.9 Å². The highest BCUT2D eigenvalue weighted by Gasteiger charge is 2.38. The van der Waals surface area contributed by atoms with Gasteiger partial charge in [0.15, 0.2) is 9.84 Å². The van der Waals surface area contributed by atoms with E-state index in [-0.39, 0.29) is 16.4 Å². The van der Waals surface area contributed by atoms with Crippen LogP contribution in [0.1, 0.15) is 44.6 Å². The molecule has 0 bridgehead atoms. The van der Waals surface area contributed by atoms with E-state index in [1.807, 2.05) is 12.1 Å². The minimum absolute atomic E-state index is 0.0557. The summed E-state index contributed by atoms with van der Waals surface area (Å²) in [6.45, 7) is 8.42. The van der Waals surface area contributed by atoms with E-state index in [9.17, 15) is 16.8 Å². The number of hydrogen-bond acceptors (Lipinski definition) is 6. The van der Waals surface area contributed by atoms with Gasteiger partial charge in [0.2, 0.25) is 10.0 Å². The van der Waals surface area contributed by atoms with Crippen LogP contribution in [0.3, 0.4) is 0 Å². The van der Waals surface area contributed by atoms with E-state index in [0.717, 1.165) is 31.6 Å². The van der Waals surface area contributed by atoms with E-state index in [0.29, 0.717) is 38.5 Å². The van der Waals surface area contributed by atoms with Crippen LogP contribution in [0.5, 0.6) is 0 Å². The van der Waals surface area contributed by atoms with Crippen molar-refractivity contribution < 1.29 is 21.6 Å². The lowest BCUT2D eigenvalue weighted by molar-refractivity contribution is 0.0367. The molecule has 2 atom stereocenters. The summed E-state index contributed by atoms with van der Waals surface area (Å²) in [7, 11) is -6.94. The van der Waals surface area contributed by atoms with Crippen molar-refractivity contribution in [1.82, 2.24) is 9.21 Å². The van der Waals surface area contributed by atoms with Gasteiger partial charge in [-0.05, 0) is 49.4 Å². The Labute approximate surface area is 181 Å². The molecule has 0 amide bonds. The first kappa shape index (κ1) is 23.7. The predicted octanol–water partition coefficient (Wildman–Crippen LogP) is 2.10. The van der Waals surface area contributed by atoms with Gasteiger partial charge in [-0.1, -0.05) is 26.0 Å². The summed E-state index contributed by atoms with van der Waals surface area (Å²) in [6.07, 6.45) is 2.02. The van der Waals surface area contributed by atoms with Gasteiger partial charge in [-0.3, -0.25) is 4.90 Å². The zero-order chi connectivity index (χ0) is 21.8. The zero-order valence-corrected chi connectivity index (χ0v) is 19.6. The number of ether oxygens (including phenoxy) is 1. The van der Waals surface area contributed by atoms with Gasteiger partial charge in [0, 0.05) is 25.7 Å². The summed E-state index contributed by atoms with van der Waals surface area (Å²) in [4.78, 5) is 2.51. The number of nitrogens with zero attached hydrogens (tertiary/aromatic N) is 2.